The van der Waals surface area contributed by atoms with Crippen LogP contribution in [0.2, 0.25) is 0 Å². The summed E-state index contributed by atoms with van der Waals surface area (Å²) in [5, 5.41) is 3.41. The van der Waals surface area contributed by atoms with Crippen molar-refractivity contribution in [1.82, 2.24) is 5.32 Å². The van der Waals surface area contributed by atoms with Gasteiger partial charge in [-0.05, 0) is 26.2 Å². The molecule has 18 heavy (non-hydrogen) atoms. The van der Waals surface area contributed by atoms with Crippen LogP contribution in [0, 0.1) is 5.92 Å². The Hall–Kier alpha value is -0.120. The van der Waals surface area contributed by atoms with Gasteiger partial charge in [0.05, 0.1) is 18.3 Å². The van der Waals surface area contributed by atoms with Crippen LogP contribution in [-0.2, 0) is 9.47 Å². The molecule has 1 N–H and O–H groups in total. The molecule has 0 bridgehead atoms. The second-order valence-electron chi connectivity index (χ2n) is 6.08. The van der Waals surface area contributed by atoms with Crippen LogP contribution in [0.15, 0.2) is 0 Å². The molecule has 0 radical (unpaired) electrons. The number of rotatable bonds is 8. The Kier molecular flexibility index (Phi) is 7.20. The number of unbranched alkanes of at least 4 members (excludes halogenated alkanes) is 1. The first kappa shape index (κ1) is 15.9. The number of hydrogen-bond acceptors (Lipinski definition) is 3. The van der Waals surface area contributed by atoms with E-state index in [-0.39, 0.29) is 11.7 Å². The predicted molar refractivity (Wildman–Crippen MR) is 75.9 cm³/mol. The van der Waals surface area contributed by atoms with Gasteiger partial charge in [0.25, 0.3) is 0 Å². The highest BCUT2D eigenvalue weighted by molar-refractivity contribution is 4.81. The van der Waals surface area contributed by atoms with Gasteiger partial charge in [-0.1, -0.05) is 33.1 Å². The Bertz CT molecular complexity index is 219. The third-order valence-electron chi connectivity index (χ3n) is 3.61. The summed E-state index contributed by atoms with van der Waals surface area (Å²) in [5.41, 5.74) is -0.0569. The minimum Gasteiger partial charge on any atom is -0.378 e. The predicted octanol–water partition coefficient (Wildman–Crippen LogP) is 2.99. The van der Waals surface area contributed by atoms with Crippen molar-refractivity contribution in [3.05, 3.63) is 0 Å². The summed E-state index contributed by atoms with van der Waals surface area (Å²) >= 11 is 0. The average molecular weight is 257 g/mol. The molecule has 1 saturated heterocycles. The molecule has 2 atom stereocenters. The molecule has 3 heteroatoms. The van der Waals surface area contributed by atoms with Gasteiger partial charge in [0, 0.05) is 19.7 Å². The van der Waals surface area contributed by atoms with Crippen LogP contribution in [0.4, 0.5) is 0 Å². The van der Waals surface area contributed by atoms with E-state index in [4.69, 9.17) is 9.47 Å². The van der Waals surface area contributed by atoms with Gasteiger partial charge in [-0.3, -0.25) is 0 Å². The van der Waals surface area contributed by atoms with Crippen LogP contribution in [-0.4, -0.2) is 38.0 Å². The first-order valence-electron chi connectivity index (χ1n) is 7.53. The van der Waals surface area contributed by atoms with E-state index < -0.39 is 0 Å². The highest BCUT2D eigenvalue weighted by Crippen LogP contribution is 2.17. The van der Waals surface area contributed by atoms with Gasteiger partial charge in [0.2, 0.25) is 0 Å². The number of ether oxygens (including phenoxy) is 2. The maximum atomic E-state index is 5.98. The molecule has 0 aromatic heterocycles. The Morgan fingerprint density at radius 2 is 2.17 bits per heavy atom. The molecule has 2 unspecified atom stereocenters. The Balaban J connectivity index is 2.16. The third kappa shape index (κ3) is 6.17. The fourth-order valence-electron chi connectivity index (χ4n) is 2.43. The minimum absolute atomic E-state index is 0.0569. The van der Waals surface area contributed by atoms with Crippen LogP contribution in [0.5, 0.6) is 0 Å². The topological polar surface area (TPSA) is 30.5 Å². The Labute approximate surface area is 113 Å². The lowest BCUT2D eigenvalue weighted by molar-refractivity contribution is -0.122. The SMILES string of the molecule is CCCCC(CC)COCC1CNCC(C)(C)O1. The quantitative estimate of drug-likeness (QED) is 0.725. The average Bonchev–Trinajstić information content (AvgIpc) is 2.32. The minimum atomic E-state index is -0.0569. The molecule has 1 rings (SSSR count). The molecule has 0 aromatic carbocycles. The van der Waals surface area contributed by atoms with Gasteiger partial charge in [-0.2, -0.15) is 0 Å². The van der Waals surface area contributed by atoms with Crippen molar-refractivity contribution < 1.29 is 9.47 Å². The van der Waals surface area contributed by atoms with Gasteiger partial charge in [-0.15, -0.1) is 0 Å². The van der Waals surface area contributed by atoms with Gasteiger partial charge in [0.15, 0.2) is 0 Å². The van der Waals surface area contributed by atoms with E-state index in [9.17, 15) is 0 Å². The molecule has 1 aliphatic rings. The van der Waals surface area contributed by atoms with Crippen LogP contribution < -0.4 is 5.32 Å². The molecule has 1 fully saturated rings. The summed E-state index contributed by atoms with van der Waals surface area (Å²) in [7, 11) is 0. The van der Waals surface area contributed by atoms with Crippen molar-refractivity contribution in [2.24, 2.45) is 5.92 Å². The molecule has 108 valence electrons. The molecule has 0 spiro atoms. The van der Waals surface area contributed by atoms with E-state index in [1.807, 2.05) is 0 Å². The molecule has 0 amide bonds. The lowest BCUT2D eigenvalue weighted by atomic mass is 10.0. The van der Waals surface area contributed by atoms with Crippen molar-refractivity contribution in [2.45, 2.75) is 65.1 Å². The van der Waals surface area contributed by atoms with Gasteiger partial charge < -0.3 is 14.8 Å². The van der Waals surface area contributed by atoms with Crippen LogP contribution in [0.1, 0.15) is 53.4 Å². The molecular formula is C15H31NO2. The van der Waals surface area contributed by atoms with Crippen molar-refractivity contribution in [3.8, 4) is 0 Å². The van der Waals surface area contributed by atoms with E-state index in [0.29, 0.717) is 0 Å². The molecule has 1 heterocycles. The molecule has 1 aliphatic heterocycles. The largest absolute Gasteiger partial charge is 0.378 e. The summed E-state index contributed by atoms with van der Waals surface area (Å²) in [5.74, 6) is 0.717. The standard InChI is InChI=1S/C15H31NO2/c1-5-7-8-13(6-2)10-17-11-14-9-16-12-15(3,4)18-14/h13-14,16H,5-12H2,1-4H3. The normalized spacial score (nSPS) is 25.0. The molecular weight excluding hydrogens is 226 g/mol. The summed E-state index contributed by atoms with van der Waals surface area (Å²) in [6, 6.07) is 0. The fraction of sp³-hybridized carbons (Fsp3) is 1.00. The van der Waals surface area contributed by atoms with Crippen molar-refractivity contribution in [1.29, 1.82) is 0 Å². The smallest absolute Gasteiger partial charge is 0.0940 e. The number of hydrogen-bond donors (Lipinski definition) is 1. The summed E-state index contributed by atoms with van der Waals surface area (Å²) in [6.07, 6.45) is 5.31. The second kappa shape index (κ2) is 8.13. The lowest BCUT2D eigenvalue weighted by Gasteiger charge is -2.36. The zero-order chi connectivity index (χ0) is 13.4. The second-order valence-corrected chi connectivity index (χ2v) is 6.08. The first-order chi connectivity index (χ1) is 8.57. The number of morpholine rings is 1. The molecule has 0 aliphatic carbocycles. The van der Waals surface area contributed by atoms with E-state index in [0.717, 1.165) is 32.2 Å². The number of nitrogens with one attached hydrogen (secondary N) is 1. The third-order valence-corrected chi connectivity index (χ3v) is 3.61. The molecule has 3 nitrogen and oxygen atoms in total. The van der Waals surface area contributed by atoms with Crippen LogP contribution in [0.25, 0.3) is 0 Å². The Morgan fingerprint density at radius 3 is 2.78 bits per heavy atom. The summed E-state index contributed by atoms with van der Waals surface area (Å²) in [4.78, 5) is 0. The fourth-order valence-corrected chi connectivity index (χ4v) is 2.43. The van der Waals surface area contributed by atoms with Gasteiger partial charge >= 0.3 is 0 Å². The zero-order valence-electron chi connectivity index (χ0n) is 12.6. The Morgan fingerprint density at radius 1 is 1.39 bits per heavy atom. The molecule has 0 aromatic rings. The summed E-state index contributed by atoms with van der Waals surface area (Å²) in [6.45, 7) is 12.2. The van der Waals surface area contributed by atoms with Crippen molar-refractivity contribution in [3.63, 3.8) is 0 Å². The first-order valence-corrected chi connectivity index (χ1v) is 7.53. The zero-order valence-corrected chi connectivity index (χ0v) is 12.6. The molecule has 0 saturated carbocycles. The van der Waals surface area contributed by atoms with E-state index in [1.165, 1.54) is 25.7 Å². The van der Waals surface area contributed by atoms with E-state index in [1.54, 1.807) is 0 Å². The van der Waals surface area contributed by atoms with Gasteiger partial charge in [0.1, 0.15) is 0 Å². The van der Waals surface area contributed by atoms with Gasteiger partial charge in [-0.25, -0.2) is 0 Å². The maximum Gasteiger partial charge on any atom is 0.0940 e. The van der Waals surface area contributed by atoms with Crippen LogP contribution >= 0.6 is 0 Å². The van der Waals surface area contributed by atoms with Crippen molar-refractivity contribution >= 4 is 0 Å². The van der Waals surface area contributed by atoms with E-state index >= 15 is 0 Å². The lowest BCUT2D eigenvalue weighted by Crippen LogP contribution is -2.51. The summed E-state index contributed by atoms with van der Waals surface area (Å²) < 4.78 is 11.8. The van der Waals surface area contributed by atoms with Crippen molar-refractivity contribution in [2.75, 3.05) is 26.3 Å². The highest BCUT2D eigenvalue weighted by Gasteiger charge is 2.28. The maximum absolute atomic E-state index is 5.98. The highest BCUT2D eigenvalue weighted by atomic mass is 16.5. The van der Waals surface area contributed by atoms with Crippen LogP contribution in [0.3, 0.4) is 0 Å². The monoisotopic (exact) mass is 257 g/mol. The van der Waals surface area contributed by atoms with E-state index in [2.05, 4.69) is 33.0 Å².